The number of hydrogen-bond donors (Lipinski definition) is 1. The van der Waals surface area contributed by atoms with Gasteiger partial charge < -0.3 is 24.6 Å². The van der Waals surface area contributed by atoms with Gasteiger partial charge in [0.25, 0.3) is 0 Å². The van der Waals surface area contributed by atoms with Crippen molar-refractivity contribution in [2.45, 2.75) is 39.5 Å². The molecule has 2 aromatic carbocycles. The number of ether oxygens (including phenoxy) is 2. The minimum atomic E-state index is 0.236. The normalized spacial score (nSPS) is 16.3. The van der Waals surface area contributed by atoms with Gasteiger partial charge in [0.2, 0.25) is 5.88 Å². The molecule has 228 valence electrons. The second-order valence-electron chi connectivity index (χ2n) is 11.4. The predicted molar refractivity (Wildman–Crippen MR) is 175 cm³/mol. The smallest absolute Gasteiger partial charge is 0.215 e. The van der Waals surface area contributed by atoms with Crippen molar-refractivity contribution in [2.75, 3.05) is 41.4 Å². The Morgan fingerprint density at radius 3 is 2.60 bits per heavy atom. The number of nitrogens with one attached hydrogen (secondary N) is 1. The lowest BCUT2D eigenvalue weighted by Gasteiger charge is -2.38. The van der Waals surface area contributed by atoms with Crippen molar-refractivity contribution in [1.29, 1.82) is 0 Å². The highest BCUT2D eigenvalue weighted by Crippen LogP contribution is 2.33. The van der Waals surface area contributed by atoms with Crippen molar-refractivity contribution in [1.82, 2.24) is 24.9 Å². The lowest BCUT2D eigenvalue weighted by atomic mass is 10.0. The summed E-state index contributed by atoms with van der Waals surface area (Å²) < 4.78 is 11.7. The number of aryl methyl sites for hydroxylation is 1. The summed E-state index contributed by atoms with van der Waals surface area (Å²) in [5.41, 5.74) is 5.22. The zero-order chi connectivity index (χ0) is 30.6. The Kier molecular flexibility index (Phi) is 8.20. The molecule has 3 aromatic heterocycles. The molecule has 1 unspecified atom stereocenters. The summed E-state index contributed by atoms with van der Waals surface area (Å²) in [6.07, 6.45) is 2.67. The van der Waals surface area contributed by atoms with Gasteiger partial charge in [-0.2, -0.15) is 4.98 Å². The summed E-state index contributed by atoms with van der Waals surface area (Å²) in [7, 11) is 0. The highest BCUT2D eigenvalue weighted by atomic mass is 16.5. The van der Waals surface area contributed by atoms with E-state index in [1.807, 2.05) is 79.9 Å². The van der Waals surface area contributed by atoms with Crippen molar-refractivity contribution < 1.29 is 9.47 Å². The molecule has 1 atom stereocenters. The Morgan fingerprint density at radius 2 is 1.78 bits per heavy atom. The van der Waals surface area contributed by atoms with Gasteiger partial charge in [0, 0.05) is 42.2 Å². The molecule has 0 saturated carbocycles. The highest BCUT2D eigenvalue weighted by Gasteiger charge is 2.29. The Bertz CT molecular complexity index is 1770. The Labute approximate surface area is 263 Å². The monoisotopic (exact) mass is 600 g/mol. The SMILES string of the molecule is Cc1nccc(N2CCc3c(nc(-c4ccc(Nc5cccc(OCc6ccccc6)n5)cc4)nc3N3CCOCC3C)C2)n1. The van der Waals surface area contributed by atoms with Crippen LogP contribution in [0.3, 0.4) is 0 Å². The summed E-state index contributed by atoms with van der Waals surface area (Å²) in [6.45, 7) is 8.29. The maximum Gasteiger partial charge on any atom is 0.215 e. The minimum absolute atomic E-state index is 0.236. The maximum absolute atomic E-state index is 5.91. The van der Waals surface area contributed by atoms with Gasteiger partial charge in [0.05, 0.1) is 31.5 Å². The van der Waals surface area contributed by atoms with Gasteiger partial charge in [-0.25, -0.2) is 19.9 Å². The number of aromatic nitrogens is 5. The number of rotatable bonds is 8. The molecule has 0 bridgehead atoms. The molecule has 1 saturated heterocycles. The molecule has 0 radical (unpaired) electrons. The van der Waals surface area contributed by atoms with Crippen LogP contribution in [0.25, 0.3) is 11.4 Å². The average Bonchev–Trinajstić information content (AvgIpc) is 3.08. The molecule has 2 aliphatic heterocycles. The molecule has 5 heterocycles. The van der Waals surface area contributed by atoms with Crippen LogP contribution < -0.4 is 19.9 Å². The average molecular weight is 601 g/mol. The number of fused-ring (bicyclic) bond motifs is 1. The van der Waals surface area contributed by atoms with E-state index in [2.05, 4.69) is 49.1 Å². The lowest BCUT2D eigenvalue weighted by Crippen LogP contribution is -2.45. The van der Waals surface area contributed by atoms with Crippen LogP contribution in [0.15, 0.2) is 85.1 Å². The zero-order valence-corrected chi connectivity index (χ0v) is 25.6. The van der Waals surface area contributed by atoms with Gasteiger partial charge in [-0.05, 0) is 62.2 Å². The third-order valence-corrected chi connectivity index (χ3v) is 8.14. The fourth-order valence-electron chi connectivity index (χ4n) is 5.78. The molecule has 0 amide bonds. The van der Waals surface area contributed by atoms with Crippen molar-refractivity contribution in [3.05, 3.63) is 108 Å². The van der Waals surface area contributed by atoms with Gasteiger partial charge in [0.15, 0.2) is 5.82 Å². The van der Waals surface area contributed by atoms with E-state index in [0.29, 0.717) is 43.9 Å². The molecular formula is C35H36N8O2. The number of hydrogen-bond acceptors (Lipinski definition) is 10. The Hall–Kier alpha value is -5.09. The van der Waals surface area contributed by atoms with E-state index in [4.69, 9.17) is 19.4 Å². The summed E-state index contributed by atoms with van der Waals surface area (Å²) in [4.78, 5) is 28.5. The number of benzene rings is 2. The van der Waals surface area contributed by atoms with Crippen LogP contribution in [0, 0.1) is 6.92 Å². The van der Waals surface area contributed by atoms with Crippen LogP contribution in [0.1, 0.15) is 29.6 Å². The Balaban J connectivity index is 1.13. The molecule has 2 aliphatic rings. The second-order valence-corrected chi connectivity index (χ2v) is 11.4. The standard InChI is InChI=1S/C35H36N8O2/c1-24-22-44-20-19-43(24)35-29-16-18-42(32-15-17-36-25(2)37-32)21-30(29)39-34(41-35)27-11-13-28(14-12-27)38-31-9-6-10-33(40-31)45-23-26-7-4-3-5-8-26/h3-15,17,24H,16,18-23H2,1-2H3,(H,38,40). The van der Waals surface area contributed by atoms with E-state index < -0.39 is 0 Å². The first-order valence-electron chi connectivity index (χ1n) is 15.4. The van der Waals surface area contributed by atoms with Crippen molar-refractivity contribution in [2.24, 2.45) is 0 Å². The summed E-state index contributed by atoms with van der Waals surface area (Å²) in [6, 6.07) is 26.2. The van der Waals surface area contributed by atoms with E-state index in [1.54, 1.807) is 0 Å². The maximum atomic E-state index is 5.91. The lowest BCUT2D eigenvalue weighted by molar-refractivity contribution is 0.0984. The van der Waals surface area contributed by atoms with E-state index in [1.165, 1.54) is 5.56 Å². The van der Waals surface area contributed by atoms with Gasteiger partial charge in [0.1, 0.15) is 29.9 Å². The van der Waals surface area contributed by atoms with E-state index in [0.717, 1.165) is 59.5 Å². The zero-order valence-electron chi connectivity index (χ0n) is 25.6. The van der Waals surface area contributed by atoms with Gasteiger partial charge in [-0.1, -0.05) is 36.4 Å². The fraction of sp³-hybridized carbons (Fsp3) is 0.286. The van der Waals surface area contributed by atoms with E-state index >= 15 is 0 Å². The van der Waals surface area contributed by atoms with Crippen molar-refractivity contribution >= 4 is 23.1 Å². The number of pyridine rings is 1. The molecule has 7 rings (SSSR count). The quantitative estimate of drug-likeness (QED) is 0.237. The summed E-state index contributed by atoms with van der Waals surface area (Å²) in [5, 5.41) is 3.40. The van der Waals surface area contributed by atoms with Crippen molar-refractivity contribution in [3.63, 3.8) is 0 Å². The summed E-state index contributed by atoms with van der Waals surface area (Å²) in [5.74, 6) is 4.70. The first kappa shape index (κ1) is 28.7. The van der Waals surface area contributed by atoms with Gasteiger partial charge in [-0.15, -0.1) is 0 Å². The number of nitrogens with zero attached hydrogens (tertiary/aromatic N) is 7. The van der Waals surface area contributed by atoms with Gasteiger partial charge >= 0.3 is 0 Å². The first-order valence-corrected chi connectivity index (χ1v) is 15.4. The molecule has 10 heteroatoms. The molecule has 1 fully saturated rings. The van der Waals surface area contributed by atoms with Crippen LogP contribution in [-0.2, 0) is 24.3 Å². The largest absolute Gasteiger partial charge is 0.473 e. The van der Waals surface area contributed by atoms with Crippen LogP contribution in [0.4, 0.5) is 23.1 Å². The fourth-order valence-corrected chi connectivity index (χ4v) is 5.78. The number of anilines is 4. The van der Waals surface area contributed by atoms with Crippen LogP contribution in [0.2, 0.25) is 0 Å². The third-order valence-electron chi connectivity index (χ3n) is 8.14. The molecular weight excluding hydrogens is 564 g/mol. The Morgan fingerprint density at radius 1 is 0.911 bits per heavy atom. The summed E-state index contributed by atoms with van der Waals surface area (Å²) >= 11 is 0. The van der Waals surface area contributed by atoms with E-state index in [-0.39, 0.29) is 6.04 Å². The molecule has 10 nitrogen and oxygen atoms in total. The van der Waals surface area contributed by atoms with Crippen LogP contribution in [-0.4, -0.2) is 57.3 Å². The molecule has 0 aliphatic carbocycles. The molecule has 45 heavy (non-hydrogen) atoms. The van der Waals surface area contributed by atoms with Crippen LogP contribution >= 0.6 is 0 Å². The highest BCUT2D eigenvalue weighted by molar-refractivity contribution is 5.66. The molecule has 5 aromatic rings. The second kappa shape index (κ2) is 12.9. The topological polar surface area (TPSA) is 101 Å². The molecule has 0 spiro atoms. The van der Waals surface area contributed by atoms with Crippen molar-refractivity contribution in [3.8, 4) is 17.3 Å². The predicted octanol–water partition coefficient (Wildman–Crippen LogP) is 5.75. The number of morpholine rings is 1. The van der Waals surface area contributed by atoms with E-state index in [9.17, 15) is 0 Å². The minimum Gasteiger partial charge on any atom is -0.473 e. The van der Waals surface area contributed by atoms with Crippen LogP contribution in [0.5, 0.6) is 5.88 Å². The van der Waals surface area contributed by atoms with Gasteiger partial charge in [-0.3, -0.25) is 0 Å². The third kappa shape index (κ3) is 6.56. The first-order chi connectivity index (χ1) is 22.1. The molecule has 1 N–H and O–H groups in total.